The smallest absolute Gasteiger partial charge is 0.226 e. The van der Waals surface area contributed by atoms with Crippen LogP contribution in [0.3, 0.4) is 0 Å². The average Bonchev–Trinajstić information content (AvgIpc) is 3.24. The van der Waals surface area contributed by atoms with E-state index in [4.69, 9.17) is 9.47 Å². The molecular weight excluding hydrogens is 290 g/mol. The van der Waals surface area contributed by atoms with Crippen LogP contribution in [0.2, 0.25) is 0 Å². The summed E-state index contributed by atoms with van der Waals surface area (Å²) in [6.07, 6.45) is 4.78. The van der Waals surface area contributed by atoms with Crippen LogP contribution in [0.1, 0.15) is 30.4 Å². The van der Waals surface area contributed by atoms with Gasteiger partial charge in [-0.05, 0) is 36.8 Å². The molecule has 3 aliphatic rings. The van der Waals surface area contributed by atoms with Crippen LogP contribution in [-0.2, 0) is 26.1 Å². The van der Waals surface area contributed by atoms with Crippen molar-refractivity contribution >= 4 is 5.91 Å². The molecule has 4 heteroatoms. The van der Waals surface area contributed by atoms with Crippen molar-refractivity contribution in [3.63, 3.8) is 0 Å². The lowest BCUT2D eigenvalue weighted by molar-refractivity contribution is -0.147. The number of amides is 1. The van der Waals surface area contributed by atoms with E-state index in [0.717, 1.165) is 25.9 Å². The highest BCUT2D eigenvalue weighted by Gasteiger charge is 2.61. The molecule has 1 amide bonds. The predicted octanol–water partition coefficient (Wildman–Crippen LogP) is 2.15. The van der Waals surface area contributed by atoms with Gasteiger partial charge in [-0.3, -0.25) is 4.79 Å². The summed E-state index contributed by atoms with van der Waals surface area (Å²) < 4.78 is 10.7. The van der Waals surface area contributed by atoms with E-state index < -0.39 is 0 Å². The van der Waals surface area contributed by atoms with Gasteiger partial charge >= 0.3 is 0 Å². The molecule has 2 aliphatic carbocycles. The van der Waals surface area contributed by atoms with E-state index in [2.05, 4.69) is 24.3 Å². The van der Waals surface area contributed by atoms with Crippen LogP contribution >= 0.6 is 0 Å². The number of carbonyl (C=O) groups is 1. The molecule has 1 aromatic carbocycles. The maximum Gasteiger partial charge on any atom is 0.226 e. The van der Waals surface area contributed by atoms with E-state index in [1.54, 1.807) is 7.11 Å². The van der Waals surface area contributed by atoms with Crippen LogP contribution in [-0.4, -0.2) is 50.3 Å². The molecule has 1 aromatic rings. The van der Waals surface area contributed by atoms with Crippen LogP contribution in [0.25, 0.3) is 0 Å². The monoisotopic (exact) mass is 315 g/mol. The molecule has 4 rings (SSSR count). The normalized spacial score (nSPS) is 29.3. The Balaban J connectivity index is 1.36. The number of hydrogen-bond donors (Lipinski definition) is 0. The number of rotatable bonds is 5. The molecule has 1 heterocycles. The summed E-state index contributed by atoms with van der Waals surface area (Å²) in [5.41, 5.74) is 3.05. The minimum absolute atomic E-state index is 0.147. The molecule has 0 radical (unpaired) electrons. The Morgan fingerprint density at radius 1 is 1.30 bits per heavy atom. The maximum atomic E-state index is 12.8. The van der Waals surface area contributed by atoms with Crippen molar-refractivity contribution in [2.24, 2.45) is 5.92 Å². The summed E-state index contributed by atoms with van der Waals surface area (Å²) in [6.45, 7) is 2.73. The molecule has 0 unspecified atom stereocenters. The fourth-order valence-corrected chi connectivity index (χ4v) is 4.40. The molecule has 0 N–H and O–H groups in total. The van der Waals surface area contributed by atoms with Gasteiger partial charge in [-0.2, -0.15) is 0 Å². The van der Waals surface area contributed by atoms with Gasteiger partial charge in [-0.15, -0.1) is 0 Å². The number of aryl methyl sites for hydroxylation is 1. The van der Waals surface area contributed by atoms with Gasteiger partial charge in [0.2, 0.25) is 5.91 Å². The minimum Gasteiger partial charge on any atom is -0.382 e. The predicted molar refractivity (Wildman–Crippen MR) is 87.4 cm³/mol. The summed E-state index contributed by atoms with van der Waals surface area (Å²) in [4.78, 5) is 14.8. The highest BCUT2D eigenvalue weighted by molar-refractivity contribution is 5.85. The fourth-order valence-electron chi connectivity index (χ4n) is 4.40. The number of likely N-dealkylation sites (tertiary alicyclic amines) is 1. The number of benzene rings is 1. The van der Waals surface area contributed by atoms with Gasteiger partial charge in [0.05, 0.1) is 19.3 Å². The first kappa shape index (κ1) is 15.2. The molecule has 2 atom stereocenters. The Morgan fingerprint density at radius 3 is 2.96 bits per heavy atom. The lowest BCUT2D eigenvalue weighted by atomic mass is 9.78. The van der Waals surface area contributed by atoms with Crippen LogP contribution in [0.5, 0.6) is 0 Å². The van der Waals surface area contributed by atoms with Gasteiger partial charge < -0.3 is 14.4 Å². The number of carbonyl (C=O) groups excluding carboxylic acids is 1. The average molecular weight is 315 g/mol. The summed E-state index contributed by atoms with van der Waals surface area (Å²) in [6, 6.07) is 8.72. The largest absolute Gasteiger partial charge is 0.382 e. The Morgan fingerprint density at radius 2 is 2.13 bits per heavy atom. The lowest BCUT2D eigenvalue weighted by Crippen LogP contribution is -2.56. The van der Waals surface area contributed by atoms with Crippen LogP contribution < -0.4 is 0 Å². The second kappa shape index (κ2) is 5.91. The standard InChI is InChI=1S/C19H25NO3/c1-22-9-10-23-15-12-20(13-15)18(21)17-11-19(17)8-4-6-14-5-2-3-7-16(14)19/h2-3,5,7,15,17H,4,6,8-13H2,1H3/t17-,19+/m0/s1. The summed E-state index contributed by atoms with van der Waals surface area (Å²) in [5, 5.41) is 0. The SMILES string of the molecule is COCCOC1CN(C(=O)[C@@H]2C[C@@]23CCCc2ccccc23)C1. The second-order valence-electron chi connectivity index (χ2n) is 7.15. The molecule has 0 aromatic heterocycles. The Hall–Kier alpha value is -1.39. The fraction of sp³-hybridized carbons (Fsp3) is 0.632. The molecular formula is C19H25NO3. The van der Waals surface area contributed by atoms with Gasteiger partial charge in [0, 0.05) is 31.5 Å². The van der Waals surface area contributed by atoms with Crippen LogP contribution in [0.4, 0.5) is 0 Å². The van der Waals surface area contributed by atoms with Crippen molar-refractivity contribution < 1.29 is 14.3 Å². The molecule has 1 spiro atoms. The van der Waals surface area contributed by atoms with Crippen LogP contribution in [0.15, 0.2) is 24.3 Å². The number of methoxy groups -OCH3 is 1. The minimum atomic E-state index is 0.147. The maximum absolute atomic E-state index is 12.8. The third-order valence-corrected chi connectivity index (χ3v) is 5.80. The third-order valence-electron chi connectivity index (χ3n) is 5.80. The van der Waals surface area contributed by atoms with Gasteiger partial charge in [0.1, 0.15) is 0 Å². The molecule has 2 fully saturated rings. The molecule has 1 aliphatic heterocycles. The van der Waals surface area contributed by atoms with Crippen molar-refractivity contribution in [3.05, 3.63) is 35.4 Å². The zero-order chi connectivity index (χ0) is 15.9. The number of hydrogen-bond acceptors (Lipinski definition) is 3. The van der Waals surface area contributed by atoms with Crippen molar-refractivity contribution in [3.8, 4) is 0 Å². The molecule has 124 valence electrons. The van der Waals surface area contributed by atoms with E-state index in [0.29, 0.717) is 19.1 Å². The highest BCUT2D eigenvalue weighted by atomic mass is 16.5. The van der Waals surface area contributed by atoms with Gasteiger partial charge in [-0.25, -0.2) is 0 Å². The first-order chi connectivity index (χ1) is 11.2. The van der Waals surface area contributed by atoms with Crippen molar-refractivity contribution in [2.45, 2.75) is 37.2 Å². The van der Waals surface area contributed by atoms with Gasteiger partial charge in [-0.1, -0.05) is 24.3 Å². The quantitative estimate of drug-likeness (QED) is 0.782. The summed E-state index contributed by atoms with van der Waals surface area (Å²) in [7, 11) is 1.68. The molecule has 4 nitrogen and oxygen atoms in total. The number of ether oxygens (including phenoxy) is 2. The van der Waals surface area contributed by atoms with Crippen molar-refractivity contribution in [1.82, 2.24) is 4.90 Å². The molecule has 0 bridgehead atoms. The molecule has 23 heavy (non-hydrogen) atoms. The van der Waals surface area contributed by atoms with E-state index >= 15 is 0 Å². The number of fused-ring (bicyclic) bond motifs is 2. The summed E-state index contributed by atoms with van der Waals surface area (Å²) in [5.74, 6) is 0.539. The van der Waals surface area contributed by atoms with E-state index in [9.17, 15) is 4.79 Å². The topological polar surface area (TPSA) is 38.8 Å². The summed E-state index contributed by atoms with van der Waals surface area (Å²) >= 11 is 0. The van der Waals surface area contributed by atoms with E-state index in [1.165, 1.54) is 24.0 Å². The first-order valence-corrected chi connectivity index (χ1v) is 8.72. The Labute approximate surface area is 137 Å². The second-order valence-corrected chi connectivity index (χ2v) is 7.15. The van der Waals surface area contributed by atoms with Gasteiger partial charge in [0.15, 0.2) is 0 Å². The lowest BCUT2D eigenvalue weighted by Gasteiger charge is -2.39. The molecule has 1 saturated carbocycles. The number of nitrogens with zero attached hydrogens (tertiary/aromatic N) is 1. The van der Waals surface area contributed by atoms with Gasteiger partial charge in [0.25, 0.3) is 0 Å². The van der Waals surface area contributed by atoms with Crippen molar-refractivity contribution in [2.75, 3.05) is 33.4 Å². The van der Waals surface area contributed by atoms with E-state index in [1.807, 2.05) is 4.90 Å². The Kier molecular flexibility index (Phi) is 3.90. The zero-order valence-corrected chi connectivity index (χ0v) is 13.8. The Bertz CT molecular complexity index is 596. The van der Waals surface area contributed by atoms with E-state index in [-0.39, 0.29) is 17.4 Å². The zero-order valence-electron chi connectivity index (χ0n) is 13.8. The van der Waals surface area contributed by atoms with Crippen molar-refractivity contribution in [1.29, 1.82) is 0 Å². The highest BCUT2D eigenvalue weighted by Crippen LogP contribution is 2.61. The first-order valence-electron chi connectivity index (χ1n) is 8.72. The molecule has 1 saturated heterocycles. The third kappa shape index (κ3) is 2.58. The van der Waals surface area contributed by atoms with Crippen LogP contribution in [0, 0.1) is 5.92 Å².